The van der Waals surface area contributed by atoms with Gasteiger partial charge in [-0.2, -0.15) is 0 Å². The van der Waals surface area contributed by atoms with Gasteiger partial charge in [-0.1, -0.05) is 13.8 Å². The molecule has 0 bridgehead atoms. The molecule has 0 aliphatic rings. The lowest BCUT2D eigenvalue weighted by molar-refractivity contribution is -0.142. The van der Waals surface area contributed by atoms with Crippen LogP contribution in [0, 0.1) is 18.8 Å². The van der Waals surface area contributed by atoms with E-state index in [-0.39, 0.29) is 24.8 Å². The number of furan rings is 1. The first-order chi connectivity index (χ1) is 11.3. The third-order valence-corrected chi connectivity index (χ3v) is 4.40. The number of rotatable bonds is 8. The van der Waals surface area contributed by atoms with E-state index in [2.05, 4.69) is 10.3 Å². The predicted molar refractivity (Wildman–Crippen MR) is 91.8 cm³/mol. The fraction of sp³-hybridized carbons (Fsp3) is 0.471. The lowest BCUT2D eigenvalue weighted by Gasteiger charge is -2.15. The average Bonchev–Trinajstić information content (AvgIpc) is 3.11. The summed E-state index contributed by atoms with van der Waals surface area (Å²) in [6.45, 7) is 5.93. The van der Waals surface area contributed by atoms with Crippen LogP contribution in [0.1, 0.15) is 31.7 Å². The topological polar surface area (TPSA) is 92.4 Å². The van der Waals surface area contributed by atoms with E-state index in [1.54, 1.807) is 0 Å². The van der Waals surface area contributed by atoms with Crippen LogP contribution in [-0.2, 0) is 16.0 Å². The van der Waals surface area contributed by atoms with Gasteiger partial charge in [-0.3, -0.25) is 9.59 Å². The van der Waals surface area contributed by atoms with Crippen molar-refractivity contribution in [2.24, 2.45) is 11.8 Å². The predicted octanol–water partition coefficient (Wildman–Crippen LogP) is 3.12. The van der Waals surface area contributed by atoms with Crippen molar-refractivity contribution in [3.05, 3.63) is 29.0 Å². The Morgan fingerprint density at radius 3 is 2.71 bits per heavy atom. The highest BCUT2D eigenvalue weighted by molar-refractivity contribution is 7.13. The first-order valence-electron chi connectivity index (χ1n) is 7.86. The fourth-order valence-electron chi connectivity index (χ4n) is 2.36. The lowest BCUT2D eigenvalue weighted by atomic mass is 9.97. The van der Waals surface area contributed by atoms with E-state index >= 15 is 0 Å². The summed E-state index contributed by atoms with van der Waals surface area (Å²) in [6.07, 6.45) is 0.665. The van der Waals surface area contributed by atoms with Crippen LogP contribution in [0.15, 0.2) is 21.9 Å². The molecule has 2 rings (SSSR count). The minimum Gasteiger partial charge on any atom is -0.481 e. The molecule has 130 valence electrons. The number of nitrogens with one attached hydrogen (secondary N) is 1. The number of amides is 1. The van der Waals surface area contributed by atoms with E-state index in [1.807, 2.05) is 38.3 Å². The van der Waals surface area contributed by atoms with Crippen molar-refractivity contribution in [3.8, 4) is 10.8 Å². The summed E-state index contributed by atoms with van der Waals surface area (Å²) < 4.78 is 5.51. The summed E-state index contributed by atoms with van der Waals surface area (Å²) in [5.41, 5.74) is 0.650. The molecule has 0 saturated carbocycles. The van der Waals surface area contributed by atoms with Crippen molar-refractivity contribution >= 4 is 23.2 Å². The van der Waals surface area contributed by atoms with E-state index < -0.39 is 11.9 Å². The minimum absolute atomic E-state index is 0.129. The number of carboxylic acids is 1. The van der Waals surface area contributed by atoms with E-state index in [9.17, 15) is 14.7 Å². The number of nitrogens with zero attached hydrogens (tertiary/aromatic N) is 1. The van der Waals surface area contributed by atoms with Crippen LogP contribution in [0.4, 0.5) is 0 Å². The number of thiazole rings is 1. The monoisotopic (exact) mass is 350 g/mol. The Hall–Kier alpha value is -2.15. The summed E-state index contributed by atoms with van der Waals surface area (Å²) in [7, 11) is 0. The SMILES string of the molecule is Cc1ccc(-c2nc(CC(=O)NCC(CC(C)C)C(=O)O)cs2)o1. The fourth-order valence-corrected chi connectivity index (χ4v) is 3.13. The second-order valence-electron chi connectivity index (χ2n) is 6.20. The van der Waals surface area contributed by atoms with E-state index in [0.29, 0.717) is 17.9 Å². The summed E-state index contributed by atoms with van der Waals surface area (Å²) >= 11 is 1.42. The highest BCUT2D eigenvalue weighted by atomic mass is 32.1. The normalized spacial score (nSPS) is 12.3. The lowest BCUT2D eigenvalue weighted by Crippen LogP contribution is -2.34. The molecule has 0 spiro atoms. The van der Waals surface area contributed by atoms with Gasteiger partial charge in [-0.05, 0) is 31.4 Å². The molecule has 1 amide bonds. The number of aromatic nitrogens is 1. The van der Waals surface area contributed by atoms with Gasteiger partial charge in [0, 0.05) is 11.9 Å². The zero-order valence-corrected chi connectivity index (χ0v) is 14.9. The van der Waals surface area contributed by atoms with Crippen molar-refractivity contribution in [2.75, 3.05) is 6.54 Å². The van der Waals surface area contributed by atoms with Gasteiger partial charge in [0.2, 0.25) is 5.91 Å². The Morgan fingerprint density at radius 2 is 2.12 bits per heavy atom. The van der Waals surface area contributed by atoms with Gasteiger partial charge in [0.15, 0.2) is 10.8 Å². The molecule has 1 unspecified atom stereocenters. The highest BCUT2D eigenvalue weighted by Crippen LogP contribution is 2.25. The third-order valence-electron chi connectivity index (χ3n) is 3.50. The van der Waals surface area contributed by atoms with E-state index in [1.165, 1.54) is 11.3 Å². The number of carboxylic acid groups (broad SMARTS) is 1. The summed E-state index contributed by atoms with van der Waals surface area (Å²) in [4.78, 5) is 27.6. The molecule has 6 nitrogen and oxygen atoms in total. The zero-order chi connectivity index (χ0) is 17.7. The molecule has 0 aromatic carbocycles. The summed E-state index contributed by atoms with van der Waals surface area (Å²) in [5.74, 6) is 0.0916. The maximum atomic E-state index is 12.0. The Morgan fingerprint density at radius 1 is 1.38 bits per heavy atom. The number of hydrogen-bond acceptors (Lipinski definition) is 5. The Balaban J connectivity index is 1.88. The number of carbonyl (C=O) groups excluding carboxylic acids is 1. The van der Waals surface area contributed by atoms with Crippen LogP contribution in [0.2, 0.25) is 0 Å². The van der Waals surface area contributed by atoms with Crippen LogP contribution < -0.4 is 5.32 Å². The molecule has 0 aliphatic carbocycles. The van der Waals surface area contributed by atoms with Crippen molar-refractivity contribution in [1.82, 2.24) is 10.3 Å². The number of aryl methyl sites for hydroxylation is 1. The molecule has 0 saturated heterocycles. The van der Waals surface area contributed by atoms with Crippen molar-refractivity contribution in [1.29, 1.82) is 0 Å². The van der Waals surface area contributed by atoms with Gasteiger partial charge in [-0.15, -0.1) is 11.3 Å². The Bertz CT molecular complexity index is 705. The second kappa shape index (κ2) is 8.10. The highest BCUT2D eigenvalue weighted by Gasteiger charge is 2.20. The Labute approximate surface area is 144 Å². The first kappa shape index (κ1) is 18.2. The maximum Gasteiger partial charge on any atom is 0.308 e. The molecule has 24 heavy (non-hydrogen) atoms. The molecular weight excluding hydrogens is 328 g/mol. The van der Waals surface area contributed by atoms with Crippen LogP contribution >= 0.6 is 11.3 Å². The second-order valence-corrected chi connectivity index (χ2v) is 7.06. The first-order valence-corrected chi connectivity index (χ1v) is 8.73. The van der Waals surface area contributed by atoms with E-state index in [4.69, 9.17) is 4.42 Å². The van der Waals surface area contributed by atoms with Crippen molar-refractivity contribution < 1.29 is 19.1 Å². The number of hydrogen-bond donors (Lipinski definition) is 2. The van der Waals surface area contributed by atoms with Gasteiger partial charge in [0.25, 0.3) is 0 Å². The minimum atomic E-state index is -0.881. The van der Waals surface area contributed by atoms with Gasteiger partial charge < -0.3 is 14.8 Å². The van der Waals surface area contributed by atoms with Crippen molar-refractivity contribution in [3.63, 3.8) is 0 Å². The smallest absolute Gasteiger partial charge is 0.308 e. The van der Waals surface area contributed by atoms with Crippen LogP contribution in [-0.4, -0.2) is 28.5 Å². The van der Waals surface area contributed by atoms with Crippen molar-refractivity contribution in [2.45, 2.75) is 33.6 Å². The molecular formula is C17H22N2O4S. The summed E-state index contributed by atoms with van der Waals surface area (Å²) in [6, 6.07) is 3.71. The molecule has 2 N–H and O–H groups in total. The van der Waals surface area contributed by atoms with Gasteiger partial charge in [0.1, 0.15) is 5.76 Å². The average molecular weight is 350 g/mol. The van der Waals surface area contributed by atoms with Crippen LogP contribution in [0.3, 0.4) is 0 Å². The Kier molecular flexibility index (Phi) is 6.14. The molecule has 2 aromatic heterocycles. The molecule has 7 heteroatoms. The number of aliphatic carboxylic acids is 1. The zero-order valence-electron chi connectivity index (χ0n) is 14.0. The maximum absolute atomic E-state index is 12.0. The molecule has 0 fully saturated rings. The van der Waals surface area contributed by atoms with Gasteiger partial charge in [0.05, 0.1) is 18.0 Å². The standard InChI is InChI=1S/C17H22N2O4S/c1-10(2)6-12(17(21)22)8-18-15(20)7-13-9-24-16(19-13)14-5-4-11(3)23-14/h4-5,9-10,12H,6-8H2,1-3H3,(H,18,20)(H,21,22). The third kappa shape index (κ3) is 5.19. The molecule has 1 atom stereocenters. The largest absolute Gasteiger partial charge is 0.481 e. The quantitative estimate of drug-likeness (QED) is 0.763. The van der Waals surface area contributed by atoms with E-state index in [0.717, 1.165) is 10.8 Å². The molecule has 2 aromatic rings. The molecule has 0 aliphatic heterocycles. The number of carbonyl (C=O) groups is 2. The molecule has 0 radical (unpaired) electrons. The van der Waals surface area contributed by atoms with Crippen LogP contribution in [0.5, 0.6) is 0 Å². The van der Waals surface area contributed by atoms with Gasteiger partial charge >= 0.3 is 5.97 Å². The van der Waals surface area contributed by atoms with Crippen LogP contribution in [0.25, 0.3) is 10.8 Å². The molecule has 2 heterocycles. The summed E-state index contributed by atoms with van der Waals surface area (Å²) in [5, 5.41) is 14.4. The van der Waals surface area contributed by atoms with Gasteiger partial charge in [-0.25, -0.2) is 4.98 Å².